The molecule has 31 heavy (non-hydrogen) atoms. The van der Waals surface area contributed by atoms with Gasteiger partial charge >= 0.3 is 0 Å². The van der Waals surface area contributed by atoms with Crippen molar-refractivity contribution in [2.24, 2.45) is 11.7 Å². The van der Waals surface area contributed by atoms with Crippen molar-refractivity contribution in [3.05, 3.63) is 71.8 Å². The molecule has 162 valence electrons. The number of hydrogen-bond donors (Lipinski definition) is 1. The van der Waals surface area contributed by atoms with Crippen molar-refractivity contribution in [2.45, 2.75) is 25.7 Å². The highest BCUT2D eigenvalue weighted by Crippen LogP contribution is 2.33. The van der Waals surface area contributed by atoms with Gasteiger partial charge in [-0.25, -0.2) is 8.78 Å². The highest BCUT2D eigenvalue weighted by Gasteiger charge is 2.24. The van der Waals surface area contributed by atoms with E-state index in [9.17, 15) is 13.6 Å². The maximum atomic E-state index is 13.4. The number of fused-ring (bicyclic) bond motifs is 1. The van der Waals surface area contributed by atoms with E-state index in [1.807, 2.05) is 41.3 Å². The maximum Gasteiger partial charge on any atom is 0.270 e. The van der Waals surface area contributed by atoms with Gasteiger partial charge in [0, 0.05) is 36.5 Å². The molecule has 0 bridgehead atoms. The molecule has 3 aromatic rings. The Kier molecular flexibility index (Phi) is 5.92. The molecule has 1 saturated heterocycles. The van der Waals surface area contributed by atoms with E-state index in [-0.39, 0.29) is 11.5 Å². The molecular formula is C25H26F2N2O2. The van der Waals surface area contributed by atoms with E-state index < -0.39 is 5.92 Å². The molecule has 6 heteroatoms. The lowest BCUT2D eigenvalue weighted by molar-refractivity contribution is 0.0174. The number of rotatable bonds is 5. The Morgan fingerprint density at radius 3 is 2.45 bits per heavy atom. The normalized spacial score (nSPS) is 15.3. The highest BCUT2D eigenvalue weighted by molar-refractivity contribution is 6.00. The van der Waals surface area contributed by atoms with Gasteiger partial charge in [-0.15, -0.1) is 0 Å². The number of piperidine rings is 1. The van der Waals surface area contributed by atoms with Crippen LogP contribution in [0.2, 0.25) is 0 Å². The number of carbonyl (C=O) groups is 1. The van der Waals surface area contributed by atoms with Crippen molar-refractivity contribution >= 4 is 16.7 Å². The summed E-state index contributed by atoms with van der Waals surface area (Å²) in [6.07, 6.45) is 1.88. The number of amides is 1. The zero-order valence-corrected chi connectivity index (χ0v) is 17.5. The van der Waals surface area contributed by atoms with Gasteiger partial charge in [0.25, 0.3) is 11.8 Å². The standard InChI is InChI=1S/C25H26F2N2O2/c1-25(26,27)20-6-8-21(9-7-20)31-23-4-2-3-18-15-19(5-10-22(18)23)24(30)29-13-11-17(16-28)12-14-29/h2-10,15,17H,11-14,16,28H2,1H3. The van der Waals surface area contributed by atoms with Gasteiger partial charge in [0.15, 0.2) is 0 Å². The third-order valence-corrected chi connectivity index (χ3v) is 5.91. The van der Waals surface area contributed by atoms with Crippen LogP contribution < -0.4 is 10.5 Å². The summed E-state index contributed by atoms with van der Waals surface area (Å²) in [5.41, 5.74) is 6.33. The molecule has 4 nitrogen and oxygen atoms in total. The molecule has 1 heterocycles. The second kappa shape index (κ2) is 8.63. The molecule has 1 fully saturated rings. The van der Waals surface area contributed by atoms with Crippen molar-refractivity contribution in [3.8, 4) is 11.5 Å². The molecule has 1 aliphatic heterocycles. The van der Waals surface area contributed by atoms with Crippen molar-refractivity contribution in [3.63, 3.8) is 0 Å². The van der Waals surface area contributed by atoms with E-state index >= 15 is 0 Å². The second-order valence-electron chi connectivity index (χ2n) is 8.18. The highest BCUT2D eigenvalue weighted by atomic mass is 19.3. The van der Waals surface area contributed by atoms with Gasteiger partial charge in [-0.2, -0.15) is 0 Å². The average molecular weight is 424 g/mol. The molecule has 0 spiro atoms. The Labute approximate surface area is 180 Å². The topological polar surface area (TPSA) is 55.6 Å². The van der Waals surface area contributed by atoms with Crippen molar-refractivity contribution < 1.29 is 18.3 Å². The van der Waals surface area contributed by atoms with Crippen LogP contribution in [-0.2, 0) is 5.92 Å². The van der Waals surface area contributed by atoms with Gasteiger partial charge in [-0.1, -0.05) is 12.1 Å². The molecule has 0 saturated carbocycles. The van der Waals surface area contributed by atoms with Crippen LogP contribution in [0.25, 0.3) is 10.8 Å². The van der Waals surface area contributed by atoms with Crippen LogP contribution in [0.3, 0.4) is 0 Å². The van der Waals surface area contributed by atoms with Crippen LogP contribution in [0, 0.1) is 5.92 Å². The van der Waals surface area contributed by atoms with Gasteiger partial charge in [-0.05, 0) is 79.2 Å². The summed E-state index contributed by atoms with van der Waals surface area (Å²) in [5, 5.41) is 1.74. The Balaban J connectivity index is 1.54. The molecule has 0 aromatic heterocycles. The number of nitrogens with two attached hydrogens (primary N) is 1. The van der Waals surface area contributed by atoms with Crippen LogP contribution in [0.1, 0.15) is 35.7 Å². The summed E-state index contributed by atoms with van der Waals surface area (Å²) in [5.74, 6) is -1.28. The molecule has 2 N–H and O–H groups in total. The van der Waals surface area contributed by atoms with E-state index in [1.165, 1.54) is 24.3 Å². The number of halogens is 2. The number of carbonyl (C=O) groups excluding carboxylic acids is 1. The third kappa shape index (κ3) is 4.69. The molecule has 0 atom stereocenters. The largest absolute Gasteiger partial charge is 0.457 e. The Morgan fingerprint density at radius 2 is 1.81 bits per heavy atom. The second-order valence-corrected chi connectivity index (χ2v) is 8.18. The fraction of sp³-hybridized carbons (Fsp3) is 0.320. The molecule has 1 aliphatic rings. The predicted molar refractivity (Wildman–Crippen MR) is 118 cm³/mol. The Bertz CT molecular complexity index is 1070. The Morgan fingerprint density at radius 1 is 1.10 bits per heavy atom. The Hall–Kier alpha value is -2.99. The van der Waals surface area contributed by atoms with E-state index in [4.69, 9.17) is 10.5 Å². The van der Waals surface area contributed by atoms with E-state index in [0.717, 1.165) is 43.6 Å². The van der Waals surface area contributed by atoms with E-state index in [1.54, 1.807) is 0 Å². The summed E-state index contributed by atoms with van der Waals surface area (Å²) >= 11 is 0. The first-order chi connectivity index (χ1) is 14.8. The molecule has 0 radical (unpaired) electrons. The fourth-order valence-electron chi connectivity index (χ4n) is 3.97. The quantitative estimate of drug-likeness (QED) is 0.584. The zero-order chi connectivity index (χ0) is 22.0. The summed E-state index contributed by atoms with van der Waals surface area (Å²) in [6.45, 7) is 3.00. The van der Waals surface area contributed by atoms with E-state index in [0.29, 0.717) is 29.5 Å². The molecular weight excluding hydrogens is 398 g/mol. The van der Waals surface area contributed by atoms with Crippen molar-refractivity contribution in [2.75, 3.05) is 19.6 Å². The van der Waals surface area contributed by atoms with Crippen LogP contribution in [0.15, 0.2) is 60.7 Å². The van der Waals surface area contributed by atoms with Crippen LogP contribution in [0.5, 0.6) is 11.5 Å². The minimum Gasteiger partial charge on any atom is -0.457 e. The van der Waals surface area contributed by atoms with Crippen LogP contribution >= 0.6 is 0 Å². The smallest absolute Gasteiger partial charge is 0.270 e. The molecule has 3 aromatic carbocycles. The van der Waals surface area contributed by atoms with Crippen LogP contribution in [-0.4, -0.2) is 30.4 Å². The number of likely N-dealkylation sites (tertiary alicyclic amines) is 1. The lowest BCUT2D eigenvalue weighted by Crippen LogP contribution is -2.40. The number of benzene rings is 3. The maximum absolute atomic E-state index is 13.4. The average Bonchev–Trinajstić information content (AvgIpc) is 2.78. The van der Waals surface area contributed by atoms with Gasteiger partial charge < -0.3 is 15.4 Å². The van der Waals surface area contributed by atoms with Gasteiger partial charge in [-0.3, -0.25) is 4.79 Å². The monoisotopic (exact) mass is 424 g/mol. The summed E-state index contributed by atoms with van der Waals surface area (Å²) < 4.78 is 32.8. The summed E-state index contributed by atoms with van der Waals surface area (Å²) in [4.78, 5) is 14.8. The first-order valence-electron chi connectivity index (χ1n) is 10.5. The van der Waals surface area contributed by atoms with Gasteiger partial charge in [0.1, 0.15) is 11.5 Å². The number of alkyl halides is 2. The van der Waals surface area contributed by atoms with Gasteiger partial charge in [0.05, 0.1) is 0 Å². The minimum atomic E-state index is -2.89. The number of hydrogen-bond acceptors (Lipinski definition) is 3. The zero-order valence-electron chi connectivity index (χ0n) is 17.5. The van der Waals surface area contributed by atoms with Crippen molar-refractivity contribution in [1.29, 1.82) is 0 Å². The summed E-state index contributed by atoms with van der Waals surface area (Å²) in [7, 11) is 0. The lowest BCUT2D eigenvalue weighted by Gasteiger charge is -2.31. The van der Waals surface area contributed by atoms with E-state index in [2.05, 4.69) is 0 Å². The summed E-state index contributed by atoms with van der Waals surface area (Å²) in [6, 6.07) is 17.0. The first-order valence-corrected chi connectivity index (χ1v) is 10.5. The van der Waals surface area contributed by atoms with Gasteiger partial charge in [0.2, 0.25) is 0 Å². The third-order valence-electron chi connectivity index (χ3n) is 5.91. The SMILES string of the molecule is CC(F)(F)c1ccc(Oc2cccc3cc(C(=O)N4CCC(CN)CC4)ccc23)cc1. The molecule has 4 rings (SSSR count). The predicted octanol–water partition coefficient (Wildman–Crippen LogP) is 5.55. The van der Waals surface area contributed by atoms with Crippen LogP contribution in [0.4, 0.5) is 8.78 Å². The molecule has 0 aliphatic carbocycles. The van der Waals surface area contributed by atoms with Crippen molar-refractivity contribution in [1.82, 2.24) is 4.90 Å². The number of ether oxygens (including phenoxy) is 1. The number of nitrogens with zero attached hydrogens (tertiary/aromatic N) is 1. The fourth-order valence-corrected chi connectivity index (χ4v) is 3.97. The lowest BCUT2D eigenvalue weighted by atomic mass is 9.96. The molecule has 1 amide bonds. The first kappa shape index (κ1) is 21.2. The molecule has 0 unspecified atom stereocenters. The minimum absolute atomic E-state index is 0.0276.